The highest BCUT2D eigenvalue weighted by Crippen LogP contribution is 2.48. The molecule has 0 aliphatic heterocycles. The number of anilines is 1. The third kappa shape index (κ3) is 18.2. The van der Waals surface area contributed by atoms with Gasteiger partial charge < -0.3 is 28.5 Å². The maximum Gasteiger partial charge on any atom is 0.408 e. The number of thioether (sulfide) groups is 1. The van der Waals surface area contributed by atoms with E-state index >= 15 is 0 Å². The van der Waals surface area contributed by atoms with Crippen molar-refractivity contribution in [3.63, 3.8) is 0 Å². The maximum atomic E-state index is 13.3. The van der Waals surface area contributed by atoms with Crippen molar-refractivity contribution in [1.82, 2.24) is 19.9 Å². The zero-order valence-electron chi connectivity index (χ0n) is 55.0. The minimum Gasteiger partial charge on any atom is -0.504 e. The zero-order valence-corrected chi connectivity index (χ0v) is 62.9. The lowest BCUT2D eigenvalue weighted by atomic mass is 9.97. The number of sulfone groups is 3. The van der Waals surface area contributed by atoms with E-state index in [4.69, 9.17) is 81.4 Å². The van der Waals surface area contributed by atoms with Crippen LogP contribution in [0, 0.1) is 0 Å². The first-order chi connectivity index (χ1) is 43.6. The van der Waals surface area contributed by atoms with Crippen LogP contribution in [0.2, 0.25) is 25.1 Å². The summed E-state index contributed by atoms with van der Waals surface area (Å²) >= 11 is 34.4. The molecule has 4 heterocycles. The van der Waals surface area contributed by atoms with E-state index in [1.807, 2.05) is 47.6 Å². The summed E-state index contributed by atoms with van der Waals surface area (Å²) in [5.74, 6) is -0.142. The van der Waals surface area contributed by atoms with Gasteiger partial charge in [0.1, 0.15) is 36.8 Å². The van der Waals surface area contributed by atoms with E-state index in [-0.39, 0.29) is 75.1 Å². The molecule has 0 atom stereocenters. The van der Waals surface area contributed by atoms with Crippen LogP contribution in [-0.4, -0.2) is 89.8 Å². The molecular weight excluding hydrogens is 1500 g/mol. The number of benzene rings is 5. The second-order valence-electron chi connectivity index (χ2n) is 26.6. The lowest BCUT2D eigenvalue weighted by Gasteiger charge is -2.28. The number of phenolic OH excluding ortho intramolecular Hbond substituents is 1. The van der Waals surface area contributed by atoms with E-state index in [9.17, 15) is 69.9 Å². The zero-order chi connectivity index (χ0) is 74.7. The van der Waals surface area contributed by atoms with Crippen molar-refractivity contribution in [3.8, 4) is 5.75 Å². The summed E-state index contributed by atoms with van der Waals surface area (Å²) in [6.07, 6.45) is -14.3. The molecule has 97 heavy (non-hydrogen) atoms. The Bertz CT molecular complexity index is 4750. The van der Waals surface area contributed by atoms with E-state index in [0.29, 0.717) is 89.2 Å². The number of rotatable bonds is 8. The number of alkyl halides is 9. The Morgan fingerprint density at radius 2 is 0.753 bits per heavy atom. The van der Waals surface area contributed by atoms with Crippen LogP contribution in [0.4, 0.5) is 45.2 Å². The summed E-state index contributed by atoms with van der Waals surface area (Å²) in [7, 11) is -13.3. The molecule has 0 amide bonds. The summed E-state index contributed by atoms with van der Waals surface area (Å²) in [5, 5.41) is 9.72. The van der Waals surface area contributed by atoms with Crippen LogP contribution < -0.4 is 5.73 Å². The number of halogens is 14. The summed E-state index contributed by atoms with van der Waals surface area (Å²) in [6, 6.07) is 14.7. The monoisotopic (exact) mass is 1570 g/mol. The van der Waals surface area contributed by atoms with E-state index in [1.54, 1.807) is 52.0 Å². The SMILES string of the molecule is CC(C)(C(F)(F)F)S(=O)(=O)c1c(Cl)ccc(N)c1O.CC(C)(C)c1nc2ccc(Cl)c(S(=O)(=O)C(C)(C)C(F)(F)F)c2o1.CC(C)(C)c1nc2ccc(Cl)c(S)c2o1.CC(C)(C)c1nc2ccc(Cl)c(SCC(F)(F)F)c2o1.CCS(=O)(=O)c1c(Cl)ccc2nc(C(C)(C)C)oc12. The Labute approximate surface area is 589 Å². The van der Waals surface area contributed by atoms with Gasteiger partial charge in [0.2, 0.25) is 23.6 Å². The quantitative estimate of drug-likeness (QED) is 0.0420. The predicted octanol–water partition coefficient (Wildman–Crippen LogP) is 20.7. The van der Waals surface area contributed by atoms with Crippen molar-refractivity contribution in [2.75, 3.05) is 17.2 Å². The molecule has 0 spiro atoms. The van der Waals surface area contributed by atoms with Gasteiger partial charge in [-0.1, -0.05) is 148 Å². The third-order valence-electron chi connectivity index (χ3n) is 13.9. The summed E-state index contributed by atoms with van der Waals surface area (Å²) in [6.45, 7) is 26.9. The summed E-state index contributed by atoms with van der Waals surface area (Å²) < 4.78 is 206. The second kappa shape index (κ2) is 28.8. The largest absolute Gasteiger partial charge is 0.504 e. The fraction of sp³-hybridized carbons (Fsp3) is 0.452. The van der Waals surface area contributed by atoms with Gasteiger partial charge in [0, 0.05) is 21.7 Å². The lowest BCUT2D eigenvalue weighted by Crippen LogP contribution is -2.46. The van der Waals surface area contributed by atoms with Gasteiger partial charge in [-0.2, -0.15) is 39.5 Å². The molecule has 536 valence electrons. The Morgan fingerprint density at radius 1 is 0.454 bits per heavy atom. The molecule has 0 fully saturated rings. The average molecular weight is 1570 g/mol. The van der Waals surface area contributed by atoms with E-state index in [0.717, 1.165) is 17.6 Å². The van der Waals surface area contributed by atoms with Crippen LogP contribution in [0.25, 0.3) is 44.4 Å². The smallest absolute Gasteiger partial charge is 0.408 e. The molecule has 3 N–H and O–H groups in total. The van der Waals surface area contributed by atoms with Crippen molar-refractivity contribution in [3.05, 3.63) is 109 Å². The van der Waals surface area contributed by atoms with Gasteiger partial charge in [-0.15, -0.1) is 24.4 Å². The lowest BCUT2D eigenvalue weighted by molar-refractivity contribution is -0.153. The predicted molar refractivity (Wildman–Crippen MR) is 365 cm³/mol. The Balaban J connectivity index is 0.000000221. The summed E-state index contributed by atoms with van der Waals surface area (Å²) in [5.41, 5.74) is 6.58. The molecule has 0 radical (unpaired) electrons. The number of thiol groups is 1. The topological polar surface area (TPSA) is 253 Å². The number of hydrogen-bond acceptors (Lipinski definition) is 18. The van der Waals surface area contributed by atoms with Crippen molar-refractivity contribution in [2.45, 2.75) is 192 Å². The highest BCUT2D eigenvalue weighted by Gasteiger charge is 2.59. The van der Waals surface area contributed by atoms with Crippen LogP contribution in [0.15, 0.2) is 103 Å². The molecule has 0 bridgehead atoms. The van der Waals surface area contributed by atoms with Crippen LogP contribution in [0.3, 0.4) is 0 Å². The van der Waals surface area contributed by atoms with Gasteiger partial charge in [0.15, 0.2) is 67.1 Å². The number of fused-ring (bicyclic) bond motifs is 4. The number of nitrogens with zero attached hydrogens (tertiary/aromatic N) is 4. The van der Waals surface area contributed by atoms with E-state index < -0.39 is 89.3 Å². The molecule has 0 unspecified atom stereocenters. The minimum atomic E-state index is -5.04. The van der Waals surface area contributed by atoms with Crippen molar-refractivity contribution >= 4 is 162 Å². The number of phenols is 1. The standard InChI is InChI=1S/C15H17ClF3NO3S.C13H13ClF3NOS.C13H16ClNO3S.C11H12ClNOS.C10H11ClF3NO3S/c1-13(2,3)12-20-9-7-6-8(16)11(10(9)23-12)24(21,22)14(4,5)15(17,18)19;1-12(2,3)11-18-8-5-4-7(14)10(9(8)19-11)20-6-13(15,16)17;1-5-19(16,17)11-8(14)6-7-9-10(11)18-12(15-9)13(2,3)4;1-11(2,3)10-13-7-5-4-6(12)9(15)8(7)14-10;1-9(2,10(12,13)14)19(17,18)8-5(11)3-4-6(15)7(8)16/h6-7H,1-5H3;4-5H,6H2,1-3H3;6-7H,5H2,1-4H3;4-5,15H,1-3H3;3-4,16H,15H2,1-2H3. The van der Waals surface area contributed by atoms with Crippen LogP contribution in [-0.2, 0) is 51.2 Å². The number of aromatic nitrogens is 4. The fourth-order valence-corrected chi connectivity index (χ4v) is 14.7. The van der Waals surface area contributed by atoms with Crippen molar-refractivity contribution in [1.29, 1.82) is 0 Å². The molecular formula is C62H69Cl5F9N5O11S5. The molecule has 0 saturated carbocycles. The first-order valence-corrected chi connectivity index (χ1v) is 36.4. The fourth-order valence-electron chi connectivity index (χ4n) is 7.67. The van der Waals surface area contributed by atoms with Crippen molar-refractivity contribution in [2.24, 2.45) is 0 Å². The molecule has 16 nitrogen and oxygen atoms in total. The Hall–Kier alpha value is -5.05. The first-order valence-electron chi connectivity index (χ1n) is 28.5. The van der Waals surface area contributed by atoms with E-state index in [1.165, 1.54) is 18.2 Å². The summed E-state index contributed by atoms with van der Waals surface area (Å²) in [4.78, 5) is 16.5. The number of nitrogen functional groups attached to an aromatic ring is 1. The van der Waals surface area contributed by atoms with Gasteiger partial charge >= 0.3 is 18.5 Å². The molecule has 0 aliphatic carbocycles. The second-order valence-corrected chi connectivity index (χ2v) is 37.2. The van der Waals surface area contributed by atoms with Gasteiger partial charge in [0.05, 0.1) is 52.1 Å². The molecule has 4 aromatic heterocycles. The van der Waals surface area contributed by atoms with Gasteiger partial charge in [-0.25, -0.2) is 45.2 Å². The van der Waals surface area contributed by atoms with Gasteiger partial charge in [-0.05, 0) is 88.4 Å². The number of aromatic hydroxyl groups is 1. The van der Waals surface area contributed by atoms with E-state index in [2.05, 4.69) is 53.3 Å². The average Bonchev–Trinajstić information content (AvgIpc) is 1.65. The maximum absolute atomic E-state index is 13.3. The third-order valence-corrected chi connectivity index (χ3v) is 24.5. The Kier molecular flexibility index (Phi) is 24.5. The van der Waals surface area contributed by atoms with Gasteiger partial charge in [0.25, 0.3) is 0 Å². The van der Waals surface area contributed by atoms with Crippen LogP contribution in [0.5, 0.6) is 5.75 Å². The molecule has 0 aliphatic rings. The molecule has 9 rings (SSSR count). The highest BCUT2D eigenvalue weighted by atomic mass is 35.5. The Morgan fingerprint density at radius 3 is 1.12 bits per heavy atom. The number of oxazole rings is 4. The van der Waals surface area contributed by atoms with Crippen LogP contribution >= 0.6 is 82.4 Å². The molecule has 35 heteroatoms. The van der Waals surface area contributed by atoms with Gasteiger partial charge in [-0.3, -0.25) is 0 Å². The minimum absolute atomic E-state index is 0.0304. The number of hydrogen-bond donors (Lipinski definition) is 3. The molecule has 9 aromatic rings. The normalized spacial score (nSPS) is 13.4. The van der Waals surface area contributed by atoms with Crippen LogP contribution in [0.1, 0.15) is 141 Å². The highest BCUT2D eigenvalue weighted by molar-refractivity contribution is 7.99. The van der Waals surface area contributed by atoms with Crippen molar-refractivity contribution < 1.29 is 87.5 Å². The number of nitrogens with two attached hydrogens (primary N) is 1. The first kappa shape index (κ1) is 82.6. The molecule has 5 aromatic carbocycles. The molecule has 0 saturated heterocycles.